The summed E-state index contributed by atoms with van der Waals surface area (Å²) in [5.41, 5.74) is 11.3. The van der Waals surface area contributed by atoms with Gasteiger partial charge in [-0.3, -0.25) is 23.0 Å². The number of halogens is 3. The molecular weight excluding hydrogens is 1170 g/mol. The van der Waals surface area contributed by atoms with Crippen molar-refractivity contribution in [3.63, 3.8) is 0 Å². The van der Waals surface area contributed by atoms with Crippen molar-refractivity contribution in [3.8, 4) is 18.1 Å². The van der Waals surface area contributed by atoms with Gasteiger partial charge in [0.15, 0.2) is 69.6 Å². The molecule has 0 aliphatic carbocycles. The van der Waals surface area contributed by atoms with E-state index in [1.165, 1.54) is 51.7 Å². The van der Waals surface area contributed by atoms with E-state index in [1.54, 1.807) is 53.2 Å². The monoisotopic (exact) mass is 1240 g/mol. The maximum atomic E-state index is 16.3. The van der Waals surface area contributed by atoms with Crippen LogP contribution in [0, 0.1) is 12.3 Å². The van der Waals surface area contributed by atoms with Gasteiger partial charge in [0, 0.05) is 21.1 Å². The van der Waals surface area contributed by atoms with E-state index in [1.807, 2.05) is 5.92 Å². The number of nitrogens with one attached hydrogen (secondary N) is 4. The molecular formula is C51H65F3N19O13P. The van der Waals surface area contributed by atoms with Gasteiger partial charge < -0.3 is 82.2 Å². The van der Waals surface area contributed by atoms with E-state index in [-0.39, 0.29) is 46.1 Å². The summed E-state index contributed by atoms with van der Waals surface area (Å²) in [5, 5.41) is 60.5. The van der Waals surface area contributed by atoms with Crippen molar-refractivity contribution in [2.45, 2.75) is 105 Å². The lowest BCUT2D eigenvalue weighted by molar-refractivity contribution is -0.149. The predicted molar refractivity (Wildman–Crippen MR) is 307 cm³/mol. The number of para-hydroxylation sites is 1. The average Bonchev–Trinajstić information content (AvgIpc) is 1.65. The zero-order valence-electron chi connectivity index (χ0n) is 47.4. The van der Waals surface area contributed by atoms with Gasteiger partial charge in [-0.1, -0.05) is 37.3 Å². The highest BCUT2D eigenvalue weighted by Gasteiger charge is 2.60. The van der Waals surface area contributed by atoms with Crippen LogP contribution in [-0.4, -0.2) is 197 Å². The first-order valence-electron chi connectivity index (χ1n) is 26.4. The summed E-state index contributed by atoms with van der Waals surface area (Å²) in [6.07, 6.45) is -2.38. The third-order valence-electron chi connectivity index (χ3n) is 13.8. The molecule has 36 heteroatoms. The lowest BCUT2D eigenvalue weighted by Crippen LogP contribution is -2.42. The number of aliphatic hydroxyl groups excluding tert-OH is 5. The molecule has 7 aromatic rings. The number of benzene rings is 1. The number of nitrogens with zero attached hydrogens (tertiary/aromatic N) is 12. The molecule has 9 heterocycles. The van der Waals surface area contributed by atoms with E-state index in [0.717, 1.165) is 12.2 Å². The van der Waals surface area contributed by atoms with Crippen LogP contribution in [0.1, 0.15) is 39.5 Å². The molecule has 87 heavy (non-hydrogen) atoms. The number of rotatable bonds is 19. The number of anilines is 6. The Labute approximate surface area is 492 Å². The molecule has 1 aromatic carbocycles. The summed E-state index contributed by atoms with van der Waals surface area (Å²) in [4.78, 5) is 49.2. The number of hydrogen-bond donors (Lipinski definition) is 12. The third-order valence-corrected chi connectivity index (χ3v) is 15.5. The maximum absolute atomic E-state index is 16.3. The molecule has 0 unspecified atom stereocenters. The summed E-state index contributed by atoms with van der Waals surface area (Å²) >= 11 is 0. The van der Waals surface area contributed by atoms with Crippen LogP contribution in [0.15, 0.2) is 74.6 Å². The van der Waals surface area contributed by atoms with Crippen molar-refractivity contribution >= 4 is 82.5 Å². The van der Waals surface area contributed by atoms with Gasteiger partial charge in [0.05, 0.1) is 44.9 Å². The first-order valence-corrected chi connectivity index (χ1v) is 27.9. The number of aromatic nitrogens is 12. The topological polar surface area (TPSA) is 448 Å². The normalized spacial score (nSPS) is 27.8. The smallest absolute Gasteiger partial charge is 0.459 e. The minimum Gasteiger partial charge on any atom is -0.462 e. The SMILES string of the molecule is C#C[C@@]1(F)[C@H](O)[C@@H](CO)O[C@H]1n1cnc2c(NC)nc(N)nc21.C=C[C@@]1(F)[C@H](O)[C@@H](CO)O[C@H]1n1cnc2c(NC)nc(N)nc21.C=C[C@@]1(F)[C@H](O)[C@@H](CO[P@@](=O)(N[C@@H](C)C(=O)OC(C)C)Oc2ccccc2)O[C@H]1n1cnc2c(NC)nc(N)nc21. The van der Waals surface area contributed by atoms with E-state index in [9.17, 15) is 34.9 Å². The molecule has 3 fully saturated rings. The van der Waals surface area contributed by atoms with Gasteiger partial charge in [-0.05, 0) is 45.1 Å². The maximum Gasteiger partial charge on any atom is 0.459 e. The molecule has 14 atom stereocenters. The van der Waals surface area contributed by atoms with Crippen LogP contribution < -0.4 is 42.8 Å². The van der Waals surface area contributed by atoms with Crippen molar-refractivity contribution in [1.82, 2.24) is 63.6 Å². The number of nitrogens with two attached hydrogens (primary N) is 3. The van der Waals surface area contributed by atoms with E-state index < -0.39 is 118 Å². The Hall–Kier alpha value is -8.40. The van der Waals surface area contributed by atoms with Crippen molar-refractivity contribution in [1.29, 1.82) is 0 Å². The average molecular weight is 1240 g/mol. The standard InChI is InChI=1S/C25H33FN7O7P.C13H17FN6O3.C13H15FN6O3/c1-6-25(26)19(34)17(39-23(25)33-13-29-18-20(28-5)30-24(27)31-21(18)33)12-37-41(36,40-16-10-8-7-9-11-16)32-15(4)22(35)38-14(2)3;2*1-3-13(14)8(22)6(4-21)23-11(13)20-5-17-7-9(16-2)18-12(15)19-10(7)20/h6-11,13-15,17,19,23,34H,1,12H2,2-5H3,(H,32,36)(H3,27,28,30,31);3,5-6,8,11,21-22H,1,4H2,2H3,(H3,15,16,18,19);1,5-6,8,11,21-22H,4H2,2H3,(H3,15,16,18,19)/t15-,17+,19+,23+,25+,41-;2*6-,8-,11-,13-/m011/s1. The highest BCUT2D eigenvalue weighted by Crippen LogP contribution is 2.49. The van der Waals surface area contributed by atoms with Gasteiger partial charge in [0.25, 0.3) is 0 Å². The van der Waals surface area contributed by atoms with Crippen LogP contribution >= 0.6 is 7.75 Å². The van der Waals surface area contributed by atoms with Gasteiger partial charge in [0.2, 0.25) is 34.9 Å². The second kappa shape index (κ2) is 25.9. The van der Waals surface area contributed by atoms with Crippen LogP contribution in [0.2, 0.25) is 0 Å². The molecule has 0 amide bonds. The van der Waals surface area contributed by atoms with E-state index in [2.05, 4.69) is 79.1 Å². The van der Waals surface area contributed by atoms with Crippen molar-refractivity contribution in [2.24, 2.45) is 0 Å². The number of aliphatic hydroxyl groups is 5. The Balaban J connectivity index is 0.000000182. The fourth-order valence-electron chi connectivity index (χ4n) is 9.49. The minimum atomic E-state index is -4.31. The van der Waals surface area contributed by atoms with Gasteiger partial charge in [0.1, 0.15) is 48.4 Å². The number of carbonyl (C=O) groups excluding carboxylic acids is 1. The first-order chi connectivity index (χ1) is 41.3. The Bertz CT molecular complexity index is 3720. The lowest BCUT2D eigenvalue weighted by atomic mass is 9.96. The van der Waals surface area contributed by atoms with Crippen LogP contribution in [0.3, 0.4) is 0 Å². The summed E-state index contributed by atoms with van der Waals surface area (Å²) in [5.74, 6) is 2.26. The molecule has 0 saturated carbocycles. The molecule has 3 aliphatic heterocycles. The van der Waals surface area contributed by atoms with E-state index >= 15 is 13.2 Å². The summed E-state index contributed by atoms with van der Waals surface area (Å²) in [7, 11) is 0.560. The molecule has 3 saturated heterocycles. The molecule has 6 aromatic heterocycles. The molecule has 0 radical (unpaired) electrons. The zero-order chi connectivity index (χ0) is 63.5. The second-order valence-electron chi connectivity index (χ2n) is 19.8. The number of nitrogen functional groups attached to an aromatic ring is 3. The predicted octanol–water partition coefficient (Wildman–Crippen LogP) is 1.37. The fraction of sp³-hybridized carbons (Fsp3) is 0.451. The summed E-state index contributed by atoms with van der Waals surface area (Å²) in [6, 6.07) is 6.99. The number of esters is 1. The van der Waals surface area contributed by atoms with E-state index in [4.69, 9.17) is 51.6 Å². The molecule has 0 spiro atoms. The number of fused-ring (bicyclic) bond motifs is 3. The quantitative estimate of drug-likeness (QED) is 0.0235. The second-order valence-corrected chi connectivity index (χ2v) is 21.5. The van der Waals surface area contributed by atoms with Crippen molar-refractivity contribution < 1.29 is 76.1 Å². The molecule has 468 valence electrons. The Morgan fingerprint density at radius 3 is 1.52 bits per heavy atom. The number of imidazole rings is 3. The van der Waals surface area contributed by atoms with Crippen LogP contribution in [-0.2, 0) is 32.8 Å². The Morgan fingerprint density at radius 1 is 0.713 bits per heavy atom. The van der Waals surface area contributed by atoms with E-state index in [0.29, 0.717) is 28.5 Å². The zero-order valence-corrected chi connectivity index (χ0v) is 48.3. The molecule has 3 aliphatic rings. The molecule has 32 nitrogen and oxygen atoms in total. The van der Waals surface area contributed by atoms with Gasteiger partial charge in [-0.15, -0.1) is 6.42 Å². The number of carbonyl (C=O) groups is 1. The highest BCUT2D eigenvalue weighted by molar-refractivity contribution is 7.52. The van der Waals surface area contributed by atoms with Gasteiger partial charge in [-0.25, -0.2) is 32.7 Å². The summed E-state index contributed by atoms with van der Waals surface area (Å²) in [6.45, 7) is 9.99. The Kier molecular flexibility index (Phi) is 19.2. The van der Waals surface area contributed by atoms with Gasteiger partial charge in [-0.2, -0.15) is 35.0 Å². The van der Waals surface area contributed by atoms with Crippen LogP contribution in [0.4, 0.5) is 48.5 Å². The molecule has 10 rings (SSSR count). The van der Waals surface area contributed by atoms with Crippen molar-refractivity contribution in [2.75, 3.05) is 74.1 Å². The number of terminal acetylenes is 1. The minimum absolute atomic E-state index is 0.0242. The van der Waals surface area contributed by atoms with Crippen molar-refractivity contribution in [3.05, 3.63) is 74.6 Å². The Morgan fingerprint density at radius 2 is 1.11 bits per heavy atom. The number of alkyl halides is 3. The van der Waals surface area contributed by atoms with Crippen LogP contribution in [0.25, 0.3) is 33.5 Å². The highest BCUT2D eigenvalue weighted by atomic mass is 31.2. The first kappa shape index (κ1) is 64.6. The number of hydrogen-bond acceptors (Lipinski definition) is 28. The third kappa shape index (κ3) is 12.3. The lowest BCUT2D eigenvalue weighted by Gasteiger charge is -2.26. The molecule has 0 bridgehead atoms. The largest absolute Gasteiger partial charge is 0.462 e. The van der Waals surface area contributed by atoms with Gasteiger partial charge >= 0.3 is 13.7 Å². The molecule has 15 N–H and O–H groups in total. The fourth-order valence-corrected chi connectivity index (χ4v) is 11.0. The summed E-state index contributed by atoms with van der Waals surface area (Å²) < 4.78 is 97.2. The van der Waals surface area contributed by atoms with Crippen LogP contribution in [0.5, 0.6) is 5.75 Å². The number of ether oxygens (including phenoxy) is 4.